The lowest BCUT2D eigenvalue weighted by molar-refractivity contribution is -0.120. The van der Waals surface area contributed by atoms with E-state index in [1.165, 1.54) is 0 Å². The molecule has 0 aromatic carbocycles. The third-order valence-electron chi connectivity index (χ3n) is 3.74. The Morgan fingerprint density at radius 3 is 2.56 bits per heavy atom. The Hall–Kier alpha value is -0.650. The van der Waals surface area contributed by atoms with E-state index >= 15 is 0 Å². The van der Waals surface area contributed by atoms with E-state index in [4.69, 9.17) is 10.5 Å². The molecule has 0 aliphatic carbocycles. The molecule has 18 heavy (non-hydrogen) atoms. The molecule has 1 saturated heterocycles. The second-order valence-electron chi connectivity index (χ2n) is 5.63. The number of nitrogens with zero attached hydrogens (tertiary/aromatic N) is 1. The number of hydrogen-bond acceptors (Lipinski definition) is 4. The van der Waals surface area contributed by atoms with Gasteiger partial charge in [-0.15, -0.1) is 0 Å². The zero-order valence-electron chi connectivity index (χ0n) is 11.9. The van der Waals surface area contributed by atoms with Gasteiger partial charge < -0.3 is 15.8 Å². The highest BCUT2D eigenvalue weighted by Gasteiger charge is 2.25. The van der Waals surface area contributed by atoms with E-state index in [-0.39, 0.29) is 11.5 Å². The van der Waals surface area contributed by atoms with Crippen LogP contribution in [0.2, 0.25) is 0 Å². The number of piperidine rings is 1. The van der Waals surface area contributed by atoms with Crippen LogP contribution in [-0.2, 0) is 9.53 Å². The zero-order valence-corrected chi connectivity index (χ0v) is 11.9. The first-order valence-electron chi connectivity index (χ1n) is 6.73. The minimum Gasteiger partial charge on any atom is -0.379 e. The number of amides is 1. The monoisotopic (exact) mass is 257 g/mol. The van der Waals surface area contributed by atoms with Gasteiger partial charge in [0.15, 0.2) is 0 Å². The first-order valence-corrected chi connectivity index (χ1v) is 6.73. The first kappa shape index (κ1) is 15.4. The smallest absolute Gasteiger partial charge is 0.231 e. The summed E-state index contributed by atoms with van der Waals surface area (Å²) in [5, 5.41) is 3.34. The van der Waals surface area contributed by atoms with Gasteiger partial charge >= 0.3 is 0 Å². The predicted molar refractivity (Wildman–Crippen MR) is 72.4 cm³/mol. The molecule has 1 heterocycles. The summed E-state index contributed by atoms with van der Waals surface area (Å²) in [6.45, 7) is 7.38. The van der Waals surface area contributed by atoms with Crippen molar-refractivity contribution in [3.63, 3.8) is 0 Å². The van der Waals surface area contributed by atoms with Crippen molar-refractivity contribution in [2.24, 2.45) is 5.73 Å². The van der Waals surface area contributed by atoms with Gasteiger partial charge in [-0.2, -0.15) is 0 Å². The second kappa shape index (κ2) is 7.07. The van der Waals surface area contributed by atoms with Crippen LogP contribution in [0.4, 0.5) is 0 Å². The Kier molecular flexibility index (Phi) is 6.05. The van der Waals surface area contributed by atoms with Gasteiger partial charge in [0.05, 0.1) is 12.1 Å². The molecule has 0 aromatic rings. The Morgan fingerprint density at radius 2 is 2.06 bits per heavy atom. The molecule has 106 valence electrons. The molecular weight excluding hydrogens is 230 g/mol. The Balaban J connectivity index is 2.51. The van der Waals surface area contributed by atoms with Crippen LogP contribution in [0.5, 0.6) is 0 Å². The highest BCUT2D eigenvalue weighted by Crippen LogP contribution is 2.17. The van der Waals surface area contributed by atoms with Crippen LogP contribution in [0.15, 0.2) is 0 Å². The highest BCUT2D eigenvalue weighted by atomic mass is 16.5. The predicted octanol–water partition coefficient (Wildman–Crippen LogP) is 0.341. The van der Waals surface area contributed by atoms with E-state index in [0.29, 0.717) is 12.6 Å². The molecule has 1 aliphatic heterocycles. The number of carbonyl (C=O) groups is 1. The molecule has 1 fully saturated rings. The summed E-state index contributed by atoms with van der Waals surface area (Å²) in [7, 11) is 1.73. The summed E-state index contributed by atoms with van der Waals surface area (Å²) in [4.78, 5) is 13.4. The lowest BCUT2D eigenvalue weighted by Gasteiger charge is -2.35. The summed E-state index contributed by atoms with van der Waals surface area (Å²) < 4.78 is 5.43. The van der Waals surface area contributed by atoms with E-state index in [1.54, 1.807) is 7.11 Å². The summed E-state index contributed by atoms with van der Waals surface area (Å²) >= 11 is 0. The van der Waals surface area contributed by atoms with Crippen molar-refractivity contribution in [1.29, 1.82) is 0 Å². The number of hydrogen-bond donors (Lipinski definition) is 2. The van der Waals surface area contributed by atoms with Crippen molar-refractivity contribution >= 4 is 5.91 Å². The first-order chi connectivity index (χ1) is 8.44. The van der Waals surface area contributed by atoms with Crippen molar-refractivity contribution < 1.29 is 9.53 Å². The Bertz CT molecular complexity index is 263. The summed E-state index contributed by atoms with van der Waals surface area (Å²) in [6.07, 6.45) is 3.07. The van der Waals surface area contributed by atoms with Gasteiger partial charge in [-0.25, -0.2) is 0 Å². The van der Waals surface area contributed by atoms with Crippen LogP contribution in [0.1, 0.15) is 33.1 Å². The third kappa shape index (κ3) is 5.33. The molecule has 1 aliphatic rings. The van der Waals surface area contributed by atoms with Gasteiger partial charge in [-0.05, 0) is 46.2 Å². The van der Waals surface area contributed by atoms with Crippen molar-refractivity contribution in [3.8, 4) is 0 Å². The topological polar surface area (TPSA) is 67.6 Å². The number of nitrogens with one attached hydrogen (secondary N) is 1. The molecule has 0 unspecified atom stereocenters. The molecule has 5 nitrogen and oxygen atoms in total. The van der Waals surface area contributed by atoms with Gasteiger partial charge in [0.2, 0.25) is 5.91 Å². The average molecular weight is 257 g/mol. The minimum atomic E-state index is -0.247. The maximum Gasteiger partial charge on any atom is 0.231 e. The molecule has 0 saturated carbocycles. The fourth-order valence-corrected chi connectivity index (χ4v) is 2.28. The number of rotatable bonds is 7. The standard InChI is InChI=1S/C13H27N3O2/c1-13(2,18-3)6-9-16(10-12(14)17)11-4-7-15-8-5-11/h11,15H,4-10H2,1-3H3,(H2,14,17). The van der Waals surface area contributed by atoms with E-state index in [0.717, 1.165) is 38.9 Å². The van der Waals surface area contributed by atoms with Gasteiger partial charge in [-0.3, -0.25) is 9.69 Å². The molecule has 0 radical (unpaired) electrons. The number of methoxy groups -OCH3 is 1. The van der Waals surface area contributed by atoms with Crippen molar-refractivity contribution in [2.75, 3.05) is 33.3 Å². The second-order valence-corrected chi connectivity index (χ2v) is 5.63. The lowest BCUT2D eigenvalue weighted by Crippen LogP contribution is -2.48. The molecule has 0 bridgehead atoms. The maximum absolute atomic E-state index is 11.2. The molecule has 0 aromatic heterocycles. The molecular formula is C13H27N3O2. The normalized spacial score (nSPS) is 18.2. The Morgan fingerprint density at radius 1 is 1.44 bits per heavy atom. The van der Waals surface area contributed by atoms with Crippen LogP contribution < -0.4 is 11.1 Å². The molecule has 0 spiro atoms. The molecule has 3 N–H and O–H groups in total. The van der Waals surface area contributed by atoms with E-state index in [1.807, 2.05) is 0 Å². The van der Waals surface area contributed by atoms with Crippen LogP contribution in [-0.4, -0.2) is 55.7 Å². The van der Waals surface area contributed by atoms with Crippen molar-refractivity contribution in [2.45, 2.75) is 44.8 Å². The van der Waals surface area contributed by atoms with E-state index < -0.39 is 0 Å². The van der Waals surface area contributed by atoms with Crippen molar-refractivity contribution in [1.82, 2.24) is 10.2 Å². The maximum atomic E-state index is 11.2. The number of ether oxygens (including phenoxy) is 1. The van der Waals surface area contributed by atoms with E-state index in [9.17, 15) is 4.79 Å². The lowest BCUT2D eigenvalue weighted by atomic mass is 10.0. The number of nitrogens with two attached hydrogens (primary N) is 1. The fraction of sp³-hybridized carbons (Fsp3) is 0.923. The van der Waals surface area contributed by atoms with Gasteiger partial charge in [0.25, 0.3) is 0 Å². The summed E-state index contributed by atoms with van der Waals surface area (Å²) in [6, 6.07) is 0.464. The van der Waals surface area contributed by atoms with Gasteiger partial charge in [0.1, 0.15) is 0 Å². The summed E-state index contributed by atoms with van der Waals surface area (Å²) in [5.41, 5.74) is 5.19. The van der Waals surface area contributed by atoms with Crippen LogP contribution in [0, 0.1) is 0 Å². The fourth-order valence-electron chi connectivity index (χ4n) is 2.28. The zero-order chi connectivity index (χ0) is 13.6. The SMILES string of the molecule is COC(C)(C)CCN(CC(N)=O)C1CCNCC1. The van der Waals surface area contributed by atoms with Crippen LogP contribution >= 0.6 is 0 Å². The quantitative estimate of drug-likeness (QED) is 0.690. The third-order valence-corrected chi connectivity index (χ3v) is 3.74. The molecule has 0 atom stereocenters. The number of carbonyl (C=O) groups excluding carboxylic acids is 1. The molecule has 1 rings (SSSR count). The highest BCUT2D eigenvalue weighted by molar-refractivity contribution is 5.75. The van der Waals surface area contributed by atoms with Crippen LogP contribution in [0.3, 0.4) is 0 Å². The summed E-state index contributed by atoms with van der Waals surface area (Å²) in [5.74, 6) is -0.247. The molecule has 5 heteroatoms. The Labute approximate surface area is 110 Å². The van der Waals surface area contributed by atoms with Crippen LogP contribution in [0.25, 0.3) is 0 Å². The minimum absolute atomic E-state index is 0.150. The number of primary amides is 1. The van der Waals surface area contributed by atoms with Crippen molar-refractivity contribution in [3.05, 3.63) is 0 Å². The van der Waals surface area contributed by atoms with E-state index in [2.05, 4.69) is 24.1 Å². The average Bonchev–Trinajstić information content (AvgIpc) is 2.35. The van der Waals surface area contributed by atoms with Gasteiger partial charge in [0, 0.05) is 19.7 Å². The molecule has 1 amide bonds. The largest absolute Gasteiger partial charge is 0.379 e. The van der Waals surface area contributed by atoms with Gasteiger partial charge in [-0.1, -0.05) is 0 Å².